The van der Waals surface area contributed by atoms with Gasteiger partial charge in [-0.25, -0.2) is 0 Å². The van der Waals surface area contributed by atoms with Crippen LogP contribution in [0.2, 0.25) is 0 Å². The second kappa shape index (κ2) is 8.00. The van der Waals surface area contributed by atoms with E-state index >= 15 is 0 Å². The highest BCUT2D eigenvalue weighted by Crippen LogP contribution is 2.21. The van der Waals surface area contributed by atoms with E-state index in [4.69, 9.17) is 4.74 Å². The van der Waals surface area contributed by atoms with Crippen LogP contribution >= 0.6 is 0 Å². The molecule has 0 bridgehead atoms. The molecule has 2 atom stereocenters. The van der Waals surface area contributed by atoms with Crippen molar-refractivity contribution in [2.45, 2.75) is 53.2 Å². The first kappa shape index (κ1) is 18.1. The van der Waals surface area contributed by atoms with Crippen LogP contribution in [0.5, 0.6) is 5.75 Å². The van der Waals surface area contributed by atoms with Gasteiger partial charge >= 0.3 is 0 Å². The lowest BCUT2D eigenvalue weighted by molar-refractivity contribution is -0.128. The SMILES string of the molecule is CCC(Oc1ccccc1C)C(=O)NC(C)c1cc(C)ccc1C. The van der Waals surface area contributed by atoms with Crippen LogP contribution in [-0.2, 0) is 4.79 Å². The van der Waals surface area contributed by atoms with Crippen LogP contribution in [0.3, 0.4) is 0 Å². The number of aryl methyl sites for hydroxylation is 3. The molecule has 0 saturated heterocycles. The Morgan fingerprint density at radius 1 is 1.08 bits per heavy atom. The van der Waals surface area contributed by atoms with Crippen LogP contribution in [0.15, 0.2) is 42.5 Å². The van der Waals surface area contributed by atoms with Crippen molar-refractivity contribution in [2.75, 3.05) is 0 Å². The van der Waals surface area contributed by atoms with Crippen molar-refractivity contribution < 1.29 is 9.53 Å². The summed E-state index contributed by atoms with van der Waals surface area (Å²) in [6.07, 6.45) is 0.137. The monoisotopic (exact) mass is 325 g/mol. The van der Waals surface area contributed by atoms with Crippen LogP contribution < -0.4 is 10.1 Å². The van der Waals surface area contributed by atoms with Crippen molar-refractivity contribution in [1.82, 2.24) is 5.32 Å². The summed E-state index contributed by atoms with van der Waals surface area (Å²) in [6, 6.07) is 14.0. The molecule has 1 amide bonds. The number of hydrogen-bond donors (Lipinski definition) is 1. The standard InChI is InChI=1S/C21H27NO2/c1-6-19(24-20-10-8-7-9-16(20)4)21(23)22-17(5)18-13-14(2)11-12-15(18)3/h7-13,17,19H,6H2,1-5H3,(H,22,23). The number of rotatable bonds is 6. The molecule has 3 nitrogen and oxygen atoms in total. The zero-order valence-electron chi connectivity index (χ0n) is 15.2. The summed E-state index contributed by atoms with van der Waals surface area (Å²) in [5.41, 5.74) is 4.56. The molecule has 0 saturated carbocycles. The largest absolute Gasteiger partial charge is 0.480 e. The first-order chi connectivity index (χ1) is 11.4. The lowest BCUT2D eigenvalue weighted by Crippen LogP contribution is -2.39. The van der Waals surface area contributed by atoms with Crippen molar-refractivity contribution in [3.05, 3.63) is 64.7 Å². The Kier molecular flexibility index (Phi) is 6.02. The highest BCUT2D eigenvalue weighted by atomic mass is 16.5. The highest BCUT2D eigenvalue weighted by molar-refractivity contribution is 5.81. The van der Waals surface area contributed by atoms with Crippen LogP contribution in [0.25, 0.3) is 0 Å². The minimum absolute atomic E-state index is 0.0491. The number of carbonyl (C=O) groups is 1. The molecule has 0 aliphatic heterocycles. The fourth-order valence-corrected chi connectivity index (χ4v) is 2.77. The number of benzene rings is 2. The maximum absolute atomic E-state index is 12.6. The highest BCUT2D eigenvalue weighted by Gasteiger charge is 2.21. The van der Waals surface area contributed by atoms with E-state index in [-0.39, 0.29) is 11.9 Å². The Bertz CT molecular complexity index is 709. The Morgan fingerprint density at radius 2 is 1.79 bits per heavy atom. The van der Waals surface area contributed by atoms with Crippen LogP contribution in [0.1, 0.15) is 48.6 Å². The molecular formula is C21H27NO2. The van der Waals surface area contributed by atoms with Gasteiger partial charge in [-0.1, -0.05) is 48.9 Å². The van der Waals surface area contributed by atoms with Gasteiger partial charge in [-0.15, -0.1) is 0 Å². The average molecular weight is 325 g/mol. The van der Waals surface area contributed by atoms with E-state index < -0.39 is 6.10 Å². The van der Waals surface area contributed by atoms with Crippen molar-refractivity contribution in [3.8, 4) is 5.75 Å². The molecule has 128 valence electrons. The van der Waals surface area contributed by atoms with Gasteiger partial charge in [-0.05, 0) is 56.9 Å². The predicted molar refractivity (Wildman–Crippen MR) is 98.4 cm³/mol. The van der Waals surface area contributed by atoms with E-state index in [2.05, 4.69) is 37.4 Å². The topological polar surface area (TPSA) is 38.3 Å². The van der Waals surface area contributed by atoms with Gasteiger partial charge in [-0.2, -0.15) is 0 Å². The third-order valence-electron chi connectivity index (χ3n) is 4.29. The smallest absolute Gasteiger partial charge is 0.261 e. The van der Waals surface area contributed by atoms with Crippen molar-refractivity contribution in [3.63, 3.8) is 0 Å². The van der Waals surface area contributed by atoms with Gasteiger partial charge in [0.15, 0.2) is 6.10 Å². The predicted octanol–water partition coefficient (Wildman–Crippen LogP) is 4.65. The van der Waals surface area contributed by atoms with Crippen LogP contribution in [0, 0.1) is 20.8 Å². The van der Waals surface area contributed by atoms with Gasteiger partial charge in [0.05, 0.1) is 6.04 Å². The molecular weight excluding hydrogens is 298 g/mol. The van der Waals surface area contributed by atoms with Crippen LogP contribution in [0.4, 0.5) is 0 Å². The second-order valence-corrected chi connectivity index (χ2v) is 6.37. The van der Waals surface area contributed by atoms with E-state index in [0.717, 1.165) is 16.9 Å². The molecule has 2 unspecified atom stereocenters. The first-order valence-electron chi connectivity index (χ1n) is 8.52. The molecule has 3 heteroatoms. The summed E-state index contributed by atoms with van der Waals surface area (Å²) >= 11 is 0. The quantitative estimate of drug-likeness (QED) is 0.840. The number of para-hydroxylation sites is 1. The van der Waals surface area contributed by atoms with Crippen molar-refractivity contribution in [2.24, 2.45) is 0 Å². The number of nitrogens with one attached hydrogen (secondary N) is 1. The minimum Gasteiger partial charge on any atom is -0.480 e. The lowest BCUT2D eigenvalue weighted by atomic mass is 10.00. The summed E-state index contributed by atoms with van der Waals surface area (Å²) in [5.74, 6) is 0.688. The van der Waals surface area contributed by atoms with Gasteiger partial charge in [0.2, 0.25) is 0 Å². The molecule has 0 spiro atoms. The normalized spacial score (nSPS) is 13.2. The van der Waals surface area contributed by atoms with E-state index in [1.54, 1.807) is 0 Å². The Labute approximate surface area is 145 Å². The molecule has 2 rings (SSSR count). The zero-order valence-corrected chi connectivity index (χ0v) is 15.2. The third-order valence-corrected chi connectivity index (χ3v) is 4.29. The lowest BCUT2D eigenvalue weighted by Gasteiger charge is -2.22. The molecule has 24 heavy (non-hydrogen) atoms. The van der Waals surface area contributed by atoms with Crippen LogP contribution in [-0.4, -0.2) is 12.0 Å². The van der Waals surface area contributed by atoms with Gasteiger partial charge in [0.25, 0.3) is 5.91 Å². The summed E-state index contributed by atoms with van der Waals surface area (Å²) in [4.78, 5) is 12.6. The molecule has 2 aromatic rings. The van der Waals surface area contributed by atoms with Crippen molar-refractivity contribution >= 4 is 5.91 Å². The molecule has 0 aliphatic carbocycles. The minimum atomic E-state index is -0.487. The fraction of sp³-hybridized carbons (Fsp3) is 0.381. The number of ether oxygens (including phenoxy) is 1. The molecule has 0 fully saturated rings. The van der Waals surface area contributed by atoms with E-state index in [1.165, 1.54) is 11.1 Å². The third kappa shape index (κ3) is 4.38. The maximum atomic E-state index is 12.6. The number of hydrogen-bond acceptors (Lipinski definition) is 2. The summed E-state index contributed by atoms with van der Waals surface area (Å²) in [6.45, 7) is 10.1. The Hall–Kier alpha value is -2.29. The van der Waals surface area contributed by atoms with E-state index in [1.807, 2.05) is 45.0 Å². The average Bonchev–Trinajstić information content (AvgIpc) is 2.56. The summed E-state index contributed by atoms with van der Waals surface area (Å²) in [5, 5.41) is 3.09. The van der Waals surface area contributed by atoms with Gasteiger partial charge in [0, 0.05) is 0 Å². The zero-order chi connectivity index (χ0) is 17.7. The fourth-order valence-electron chi connectivity index (χ4n) is 2.77. The Morgan fingerprint density at radius 3 is 2.46 bits per heavy atom. The van der Waals surface area contributed by atoms with E-state index in [9.17, 15) is 4.79 Å². The maximum Gasteiger partial charge on any atom is 0.261 e. The number of carbonyl (C=O) groups excluding carboxylic acids is 1. The number of amides is 1. The molecule has 2 aromatic carbocycles. The molecule has 0 aromatic heterocycles. The first-order valence-corrected chi connectivity index (χ1v) is 8.52. The van der Waals surface area contributed by atoms with Crippen molar-refractivity contribution in [1.29, 1.82) is 0 Å². The summed E-state index contributed by atoms with van der Waals surface area (Å²) in [7, 11) is 0. The Balaban J connectivity index is 2.09. The van der Waals surface area contributed by atoms with Gasteiger partial charge in [0.1, 0.15) is 5.75 Å². The van der Waals surface area contributed by atoms with Gasteiger partial charge < -0.3 is 10.1 Å². The molecule has 1 N–H and O–H groups in total. The second-order valence-electron chi connectivity index (χ2n) is 6.37. The molecule has 0 heterocycles. The van der Waals surface area contributed by atoms with Gasteiger partial charge in [-0.3, -0.25) is 4.79 Å². The summed E-state index contributed by atoms with van der Waals surface area (Å²) < 4.78 is 5.93. The molecule has 0 aliphatic rings. The van der Waals surface area contributed by atoms with E-state index in [0.29, 0.717) is 6.42 Å². The molecule has 0 radical (unpaired) electrons.